The van der Waals surface area contributed by atoms with Crippen molar-refractivity contribution in [2.24, 2.45) is 5.41 Å². The summed E-state index contributed by atoms with van der Waals surface area (Å²) in [6.07, 6.45) is 1.12. The van der Waals surface area contributed by atoms with E-state index in [1.54, 1.807) is 6.07 Å². The lowest BCUT2D eigenvalue weighted by Gasteiger charge is -2.48. The Morgan fingerprint density at radius 3 is 2.90 bits per heavy atom. The summed E-state index contributed by atoms with van der Waals surface area (Å²) in [5.41, 5.74) is 1.86. The van der Waals surface area contributed by atoms with Gasteiger partial charge in [0.15, 0.2) is 0 Å². The standard InChI is InChI=1S/C13H18N2O4S/c1-18-12-3-2-10(6-11(12)14-20(16)17)15-7-13(8-15)4-5-19-9-13/h2-3,6,14H,4-5,7-9H2,1H3,(H,16,17). The second kappa shape index (κ2) is 5.23. The molecular formula is C13H18N2O4S. The van der Waals surface area contributed by atoms with Crippen LogP contribution in [-0.2, 0) is 16.0 Å². The maximum Gasteiger partial charge on any atom is 0.259 e. The molecule has 2 saturated heterocycles. The summed E-state index contributed by atoms with van der Waals surface area (Å²) in [4.78, 5) is 2.25. The molecule has 2 aliphatic heterocycles. The van der Waals surface area contributed by atoms with E-state index in [-0.39, 0.29) is 0 Å². The van der Waals surface area contributed by atoms with Crippen LogP contribution in [0.25, 0.3) is 0 Å². The zero-order valence-corrected chi connectivity index (χ0v) is 12.1. The lowest BCUT2D eigenvalue weighted by atomic mass is 9.79. The molecule has 20 heavy (non-hydrogen) atoms. The van der Waals surface area contributed by atoms with Gasteiger partial charge in [0.25, 0.3) is 11.3 Å². The predicted octanol–water partition coefficient (Wildman–Crippen LogP) is 1.47. The van der Waals surface area contributed by atoms with Crippen molar-refractivity contribution < 1.29 is 18.2 Å². The first-order valence-electron chi connectivity index (χ1n) is 6.50. The lowest BCUT2D eigenvalue weighted by molar-refractivity contribution is 0.131. The fourth-order valence-electron chi connectivity index (χ4n) is 2.91. The van der Waals surface area contributed by atoms with Crippen LogP contribution in [-0.4, -0.2) is 42.2 Å². The molecule has 0 amide bonds. The number of ether oxygens (including phenoxy) is 2. The monoisotopic (exact) mass is 298 g/mol. The Labute approximate surface area is 120 Å². The van der Waals surface area contributed by atoms with Crippen molar-refractivity contribution in [2.45, 2.75) is 6.42 Å². The molecule has 0 radical (unpaired) electrons. The van der Waals surface area contributed by atoms with Crippen LogP contribution in [0.4, 0.5) is 11.4 Å². The molecule has 1 aromatic rings. The third kappa shape index (κ3) is 2.48. The normalized spacial score (nSPS) is 21.6. The second-order valence-corrected chi connectivity index (χ2v) is 6.10. The first-order valence-corrected chi connectivity index (χ1v) is 7.61. The Kier molecular flexibility index (Phi) is 3.57. The molecule has 7 heteroatoms. The minimum absolute atomic E-state index is 0.313. The molecule has 1 unspecified atom stereocenters. The average Bonchev–Trinajstić information content (AvgIpc) is 2.85. The highest BCUT2D eigenvalue weighted by molar-refractivity contribution is 7.80. The number of benzene rings is 1. The van der Waals surface area contributed by atoms with Gasteiger partial charge in [-0.3, -0.25) is 9.27 Å². The number of methoxy groups -OCH3 is 1. The number of nitrogens with one attached hydrogen (secondary N) is 1. The van der Waals surface area contributed by atoms with E-state index < -0.39 is 11.3 Å². The minimum Gasteiger partial charge on any atom is -0.495 e. The van der Waals surface area contributed by atoms with Crippen LogP contribution in [0, 0.1) is 5.41 Å². The molecule has 1 atom stereocenters. The molecule has 6 nitrogen and oxygen atoms in total. The molecule has 1 spiro atoms. The van der Waals surface area contributed by atoms with Crippen molar-refractivity contribution >= 4 is 22.6 Å². The van der Waals surface area contributed by atoms with Gasteiger partial charge in [-0.2, -0.15) is 0 Å². The van der Waals surface area contributed by atoms with Crippen molar-refractivity contribution in [1.82, 2.24) is 0 Å². The fourth-order valence-corrected chi connectivity index (χ4v) is 3.26. The van der Waals surface area contributed by atoms with E-state index >= 15 is 0 Å². The molecule has 110 valence electrons. The molecule has 3 rings (SSSR count). The van der Waals surface area contributed by atoms with Gasteiger partial charge in [0.2, 0.25) is 0 Å². The number of rotatable bonds is 4. The van der Waals surface area contributed by atoms with Gasteiger partial charge < -0.3 is 14.4 Å². The highest BCUT2D eigenvalue weighted by Gasteiger charge is 2.45. The van der Waals surface area contributed by atoms with E-state index in [4.69, 9.17) is 14.0 Å². The number of nitrogens with zero attached hydrogens (tertiary/aromatic N) is 1. The number of anilines is 2. The first-order chi connectivity index (χ1) is 9.62. The zero-order chi connectivity index (χ0) is 14.2. The van der Waals surface area contributed by atoms with Gasteiger partial charge in [-0.15, -0.1) is 0 Å². The summed E-state index contributed by atoms with van der Waals surface area (Å²) < 4.78 is 33.0. The molecule has 0 aromatic heterocycles. The van der Waals surface area contributed by atoms with Crippen molar-refractivity contribution in [3.63, 3.8) is 0 Å². The maximum atomic E-state index is 10.9. The van der Waals surface area contributed by atoms with Crippen molar-refractivity contribution in [2.75, 3.05) is 43.0 Å². The van der Waals surface area contributed by atoms with Crippen molar-refractivity contribution in [1.29, 1.82) is 0 Å². The van der Waals surface area contributed by atoms with Gasteiger partial charge in [-0.1, -0.05) is 0 Å². The van der Waals surface area contributed by atoms with Crippen molar-refractivity contribution in [3.8, 4) is 5.75 Å². The quantitative estimate of drug-likeness (QED) is 0.824. The van der Waals surface area contributed by atoms with Gasteiger partial charge in [-0.05, 0) is 24.6 Å². The summed E-state index contributed by atoms with van der Waals surface area (Å²) in [5.74, 6) is 0.551. The largest absolute Gasteiger partial charge is 0.495 e. The van der Waals surface area contributed by atoms with Crippen LogP contribution >= 0.6 is 0 Å². The molecule has 0 saturated carbocycles. The van der Waals surface area contributed by atoms with Gasteiger partial charge in [0, 0.05) is 30.8 Å². The Morgan fingerprint density at radius 2 is 2.30 bits per heavy atom. The first kappa shape index (κ1) is 13.7. The molecule has 2 aliphatic rings. The highest BCUT2D eigenvalue weighted by atomic mass is 32.2. The molecule has 0 bridgehead atoms. The minimum atomic E-state index is -2.11. The van der Waals surface area contributed by atoms with Crippen LogP contribution in [0.5, 0.6) is 5.75 Å². The van der Waals surface area contributed by atoms with Crippen LogP contribution in [0.15, 0.2) is 18.2 Å². The topological polar surface area (TPSA) is 71.0 Å². The van der Waals surface area contributed by atoms with Crippen LogP contribution in [0.1, 0.15) is 6.42 Å². The number of hydrogen-bond acceptors (Lipinski definition) is 4. The molecule has 2 N–H and O–H groups in total. The molecule has 2 fully saturated rings. The molecular weight excluding hydrogens is 280 g/mol. The van der Waals surface area contributed by atoms with Gasteiger partial charge >= 0.3 is 0 Å². The fraction of sp³-hybridized carbons (Fsp3) is 0.538. The predicted molar refractivity (Wildman–Crippen MR) is 77.5 cm³/mol. The molecule has 0 aliphatic carbocycles. The SMILES string of the molecule is COc1ccc(N2CC3(CCOC3)C2)cc1NS(=O)O. The van der Waals surface area contributed by atoms with Gasteiger partial charge in [0.05, 0.1) is 19.4 Å². The van der Waals surface area contributed by atoms with E-state index in [1.807, 2.05) is 12.1 Å². The van der Waals surface area contributed by atoms with Crippen LogP contribution < -0.4 is 14.4 Å². The number of hydrogen-bond donors (Lipinski definition) is 2. The Hall–Kier alpha value is -1.31. The average molecular weight is 298 g/mol. The van der Waals surface area contributed by atoms with Gasteiger partial charge in [0.1, 0.15) is 5.75 Å². The summed E-state index contributed by atoms with van der Waals surface area (Å²) in [6.45, 7) is 3.64. The second-order valence-electron chi connectivity index (χ2n) is 5.39. The Bertz CT molecular complexity index is 523. The van der Waals surface area contributed by atoms with E-state index in [0.29, 0.717) is 16.9 Å². The Balaban J connectivity index is 1.76. The third-order valence-electron chi connectivity index (χ3n) is 3.98. The zero-order valence-electron chi connectivity index (χ0n) is 11.3. The Morgan fingerprint density at radius 1 is 1.50 bits per heavy atom. The van der Waals surface area contributed by atoms with Gasteiger partial charge in [-0.25, -0.2) is 4.21 Å². The maximum absolute atomic E-state index is 10.9. The molecule has 1 aromatic carbocycles. The summed E-state index contributed by atoms with van der Waals surface area (Å²) in [6, 6.07) is 5.61. The molecule has 2 heterocycles. The van der Waals surface area contributed by atoms with Crippen LogP contribution in [0.2, 0.25) is 0 Å². The summed E-state index contributed by atoms with van der Waals surface area (Å²) in [7, 11) is 1.54. The summed E-state index contributed by atoms with van der Waals surface area (Å²) >= 11 is -2.11. The van der Waals surface area contributed by atoms with E-state index in [9.17, 15) is 4.21 Å². The smallest absolute Gasteiger partial charge is 0.259 e. The van der Waals surface area contributed by atoms with E-state index in [1.165, 1.54) is 7.11 Å². The van der Waals surface area contributed by atoms with E-state index in [2.05, 4.69) is 9.62 Å². The lowest BCUT2D eigenvalue weighted by Crippen LogP contribution is -2.57. The van der Waals surface area contributed by atoms with E-state index in [0.717, 1.165) is 38.4 Å². The van der Waals surface area contributed by atoms with Crippen molar-refractivity contribution in [3.05, 3.63) is 18.2 Å². The third-order valence-corrected chi connectivity index (χ3v) is 4.38. The summed E-state index contributed by atoms with van der Waals surface area (Å²) in [5, 5.41) is 0. The highest BCUT2D eigenvalue weighted by Crippen LogP contribution is 2.42. The van der Waals surface area contributed by atoms with Crippen LogP contribution in [0.3, 0.4) is 0 Å².